The average Bonchev–Trinajstić information content (AvgIpc) is 3.98. The van der Waals surface area contributed by atoms with Gasteiger partial charge in [0.25, 0.3) is 0 Å². The molecule has 10 aromatic carbocycles. The van der Waals surface area contributed by atoms with Gasteiger partial charge in [0.05, 0.1) is 22.4 Å². The summed E-state index contributed by atoms with van der Waals surface area (Å²) in [5, 5.41) is 10.4. The molecular weight excluding hydrogens is 869 g/mol. The molecule has 0 aliphatic heterocycles. The molecule has 13 aromatic rings. The molecule has 0 aliphatic rings. The number of hydrogen-bond acceptors (Lipinski definition) is 2. The third-order valence-corrected chi connectivity index (χ3v) is 19.9. The number of thiophene rings is 1. The Morgan fingerprint density at radius 1 is 0.319 bits per heavy atom. The highest BCUT2D eigenvalue weighted by Gasteiger charge is 2.41. The number of pyridine rings is 1. The van der Waals surface area contributed by atoms with Crippen molar-refractivity contribution in [2.45, 2.75) is 0 Å². The molecule has 2 nitrogen and oxygen atoms in total. The van der Waals surface area contributed by atoms with E-state index in [1.54, 1.807) is 0 Å². The van der Waals surface area contributed by atoms with Crippen LogP contribution in [0.5, 0.6) is 0 Å². The SMILES string of the molecule is c1ccc([Si](c2ccccc2)(c2ccccc2)c2cccc(-c3cc(-c4ccc(-n5c6ccccc6c6ccccc65)cc4)cc(-c4ccccc4-c4cccc5sc6ccccc6c45)n3)c2)cc1. The van der Waals surface area contributed by atoms with Crippen LogP contribution in [0.25, 0.3) is 92.4 Å². The third kappa shape index (κ3) is 6.87. The van der Waals surface area contributed by atoms with Gasteiger partial charge < -0.3 is 4.57 Å². The van der Waals surface area contributed by atoms with Crippen LogP contribution in [0.1, 0.15) is 0 Å². The average molecular weight is 913 g/mol. The smallest absolute Gasteiger partial charge is 0.179 e. The fourth-order valence-electron chi connectivity index (χ4n) is 10.9. The molecule has 0 saturated heterocycles. The van der Waals surface area contributed by atoms with Crippen molar-refractivity contribution < 1.29 is 0 Å². The molecule has 4 heteroatoms. The van der Waals surface area contributed by atoms with Crippen molar-refractivity contribution in [3.8, 4) is 50.5 Å². The molecule has 0 saturated carbocycles. The maximum absolute atomic E-state index is 5.70. The zero-order valence-electron chi connectivity index (χ0n) is 37.7. The van der Waals surface area contributed by atoms with Crippen LogP contribution in [0.2, 0.25) is 0 Å². The predicted molar refractivity (Wildman–Crippen MR) is 297 cm³/mol. The molecule has 0 amide bonds. The molecule has 0 unspecified atom stereocenters. The van der Waals surface area contributed by atoms with E-state index >= 15 is 0 Å². The second kappa shape index (κ2) is 17.0. The Kier molecular flexibility index (Phi) is 10.1. The summed E-state index contributed by atoms with van der Waals surface area (Å²) in [4.78, 5) is 5.70. The molecule has 13 rings (SSSR count). The topological polar surface area (TPSA) is 17.8 Å². The lowest BCUT2D eigenvalue weighted by molar-refractivity contribution is 1.18. The molecule has 0 fully saturated rings. The standard InChI is InChI=1S/C65H44N2SSi/c1-4-21-49(22-5-1)69(50-23-6-2-7-24-50,51-25-8-3-9-26-51)52-27-18-20-46(42-52)59-43-47(45-38-40-48(41-39-45)67-61-34-15-12-30-55(61)56-31-13-16-35-62(56)67)44-60(66-59)54-29-11-10-28-53(54)57-33-19-37-64-65(57)58-32-14-17-36-63(58)68-64/h1-44H. The molecule has 0 spiro atoms. The van der Waals surface area contributed by atoms with Gasteiger partial charge in [-0.1, -0.05) is 218 Å². The van der Waals surface area contributed by atoms with E-state index in [1.165, 1.54) is 73.9 Å². The third-order valence-electron chi connectivity index (χ3n) is 14.0. The molecule has 3 heterocycles. The Labute approximate surface area is 406 Å². The normalized spacial score (nSPS) is 11.8. The molecule has 0 aliphatic carbocycles. The molecular formula is C65H44N2SSi. The monoisotopic (exact) mass is 912 g/mol. The molecule has 0 radical (unpaired) electrons. The molecule has 0 atom stereocenters. The molecule has 0 N–H and O–H groups in total. The van der Waals surface area contributed by atoms with E-state index in [0.717, 1.165) is 39.3 Å². The Hall–Kier alpha value is -8.41. The van der Waals surface area contributed by atoms with Crippen molar-refractivity contribution in [2.75, 3.05) is 0 Å². The summed E-state index contributed by atoms with van der Waals surface area (Å²) in [6.07, 6.45) is 0. The van der Waals surface area contributed by atoms with Gasteiger partial charge >= 0.3 is 0 Å². The van der Waals surface area contributed by atoms with Crippen molar-refractivity contribution >= 4 is 82.1 Å². The van der Waals surface area contributed by atoms with Crippen LogP contribution >= 0.6 is 11.3 Å². The Morgan fingerprint density at radius 2 is 0.812 bits per heavy atom. The minimum atomic E-state index is -2.82. The van der Waals surface area contributed by atoms with E-state index in [9.17, 15) is 0 Å². The van der Waals surface area contributed by atoms with Crippen molar-refractivity contribution in [1.29, 1.82) is 0 Å². The van der Waals surface area contributed by atoms with Crippen LogP contribution in [0.3, 0.4) is 0 Å². The molecule has 0 bridgehead atoms. The van der Waals surface area contributed by atoms with E-state index in [-0.39, 0.29) is 0 Å². The van der Waals surface area contributed by atoms with Gasteiger partial charge in [0.2, 0.25) is 0 Å². The van der Waals surface area contributed by atoms with Gasteiger partial charge in [-0.15, -0.1) is 11.3 Å². The first-order chi connectivity index (χ1) is 34.2. The maximum atomic E-state index is 5.70. The summed E-state index contributed by atoms with van der Waals surface area (Å²) >= 11 is 1.86. The number of hydrogen-bond donors (Lipinski definition) is 0. The highest BCUT2D eigenvalue weighted by atomic mass is 32.1. The van der Waals surface area contributed by atoms with Crippen LogP contribution in [0.15, 0.2) is 267 Å². The van der Waals surface area contributed by atoms with Gasteiger partial charge in [-0.05, 0) is 91.5 Å². The van der Waals surface area contributed by atoms with E-state index in [0.29, 0.717) is 0 Å². The number of para-hydroxylation sites is 2. The highest BCUT2D eigenvalue weighted by Crippen LogP contribution is 2.43. The van der Waals surface area contributed by atoms with E-state index in [1.807, 2.05) is 11.3 Å². The van der Waals surface area contributed by atoms with E-state index < -0.39 is 8.07 Å². The fourth-order valence-corrected chi connectivity index (χ4v) is 16.8. The lowest BCUT2D eigenvalue weighted by Gasteiger charge is -2.34. The van der Waals surface area contributed by atoms with Gasteiger partial charge in [0.15, 0.2) is 8.07 Å². The second-order valence-electron chi connectivity index (χ2n) is 17.8. The quantitative estimate of drug-likeness (QED) is 0.104. The molecule has 3 aromatic heterocycles. The largest absolute Gasteiger partial charge is 0.309 e. The van der Waals surface area contributed by atoms with Gasteiger partial charge in [0, 0.05) is 47.8 Å². The van der Waals surface area contributed by atoms with Crippen LogP contribution < -0.4 is 20.7 Å². The molecule has 69 heavy (non-hydrogen) atoms. The zero-order valence-corrected chi connectivity index (χ0v) is 39.5. The first-order valence-corrected chi connectivity index (χ1v) is 26.4. The van der Waals surface area contributed by atoms with E-state index in [4.69, 9.17) is 4.98 Å². The summed E-state index contributed by atoms with van der Waals surface area (Å²) in [5.74, 6) is 0. The van der Waals surface area contributed by atoms with Crippen molar-refractivity contribution in [3.63, 3.8) is 0 Å². The zero-order chi connectivity index (χ0) is 45.7. The van der Waals surface area contributed by atoms with Gasteiger partial charge in [-0.2, -0.15) is 0 Å². The number of rotatable bonds is 9. The van der Waals surface area contributed by atoms with Gasteiger partial charge in [0.1, 0.15) is 0 Å². The Balaban J connectivity index is 1.03. The first-order valence-electron chi connectivity index (χ1n) is 23.6. The minimum Gasteiger partial charge on any atom is -0.309 e. The summed E-state index contributed by atoms with van der Waals surface area (Å²) in [6, 6.07) is 98.2. The summed E-state index contributed by atoms with van der Waals surface area (Å²) in [6.45, 7) is 0. The van der Waals surface area contributed by atoms with E-state index in [2.05, 4.69) is 271 Å². The Morgan fingerprint density at radius 3 is 1.46 bits per heavy atom. The Bertz CT molecular complexity index is 3860. The van der Waals surface area contributed by atoms with Crippen LogP contribution in [-0.2, 0) is 0 Å². The minimum absolute atomic E-state index is 0.932. The van der Waals surface area contributed by atoms with Crippen molar-refractivity contribution in [2.24, 2.45) is 0 Å². The summed E-state index contributed by atoms with van der Waals surface area (Å²) in [5.41, 5.74) is 12.2. The lowest BCUT2D eigenvalue weighted by Crippen LogP contribution is -2.74. The highest BCUT2D eigenvalue weighted by molar-refractivity contribution is 7.26. The number of benzene rings is 10. The number of aromatic nitrogens is 2. The fraction of sp³-hybridized carbons (Fsp3) is 0. The number of fused-ring (bicyclic) bond motifs is 6. The van der Waals surface area contributed by atoms with Crippen molar-refractivity contribution in [1.82, 2.24) is 9.55 Å². The summed E-state index contributed by atoms with van der Waals surface area (Å²) < 4.78 is 4.97. The van der Waals surface area contributed by atoms with Crippen LogP contribution in [0, 0.1) is 0 Å². The first kappa shape index (κ1) is 40.8. The molecule has 324 valence electrons. The lowest BCUT2D eigenvalue weighted by atomic mass is 9.92. The van der Waals surface area contributed by atoms with Gasteiger partial charge in [-0.3, -0.25) is 0 Å². The van der Waals surface area contributed by atoms with Crippen LogP contribution in [-0.4, -0.2) is 17.6 Å². The summed E-state index contributed by atoms with van der Waals surface area (Å²) in [7, 11) is -2.82. The van der Waals surface area contributed by atoms with Gasteiger partial charge in [-0.25, -0.2) is 4.98 Å². The second-order valence-corrected chi connectivity index (χ2v) is 22.7. The maximum Gasteiger partial charge on any atom is 0.179 e. The number of nitrogens with zero attached hydrogens (tertiary/aromatic N) is 2. The van der Waals surface area contributed by atoms with Crippen molar-refractivity contribution in [3.05, 3.63) is 267 Å². The predicted octanol–water partition coefficient (Wildman–Crippen LogP) is 14.6. The van der Waals surface area contributed by atoms with Crippen LogP contribution in [0.4, 0.5) is 0 Å².